The van der Waals surface area contributed by atoms with Crippen molar-refractivity contribution in [1.82, 2.24) is 9.97 Å². The largest absolute Gasteiger partial charge is 0.383 e. The van der Waals surface area contributed by atoms with Gasteiger partial charge in [0, 0.05) is 16.5 Å². The Morgan fingerprint density at radius 3 is 2.55 bits per heavy atom. The van der Waals surface area contributed by atoms with E-state index in [1.165, 1.54) is 4.88 Å². The Balaban J connectivity index is 2.42. The first-order valence-electron chi connectivity index (χ1n) is 6.90. The fourth-order valence-corrected chi connectivity index (χ4v) is 2.96. The molecule has 2 N–H and O–H groups in total. The molecule has 0 aliphatic carbocycles. The molecule has 0 radical (unpaired) electrons. The molecular weight excluding hydrogens is 268 g/mol. The molecule has 2 rings (SSSR count). The summed E-state index contributed by atoms with van der Waals surface area (Å²) in [6, 6.07) is 4.58. The fraction of sp³-hybridized carbons (Fsp3) is 0.467. The molecule has 108 valence electrons. The third-order valence-electron chi connectivity index (χ3n) is 3.27. The van der Waals surface area contributed by atoms with Crippen LogP contribution in [0, 0.1) is 0 Å². The van der Waals surface area contributed by atoms with Crippen LogP contribution >= 0.6 is 11.3 Å². The number of nitrogen functional groups attached to an aromatic ring is 1. The molecule has 0 aliphatic heterocycles. The molecular formula is C15H22N4S. The number of anilines is 2. The molecule has 0 aromatic carbocycles. The first-order chi connectivity index (χ1) is 9.50. The zero-order valence-corrected chi connectivity index (χ0v) is 13.3. The number of nitrogens with two attached hydrogens (primary N) is 1. The highest BCUT2D eigenvalue weighted by atomic mass is 32.1. The predicted molar refractivity (Wildman–Crippen MR) is 86.2 cm³/mol. The second-order valence-corrected chi connectivity index (χ2v) is 6.48. The molecule has 2 heterocycles. The Labute approximate surface area is 124 Å². The van der Waals surface area contributed by atoms with E-state index in [9.17, 15) is 0 Å². The molecule has 0 bridgehead atoms. The van der Waals surface area contributed by atoms with E-state index in [0.29, 0.717) is 17.8 Å². The van der Waals surface area contributed by atoms with Crippen molar-refractivity contribution in [2.45, 2.75) is 46.2 Å². The van der Waals surface area contributed by atoms with E-state index in [0.717, 1.165) is 17.9 Å². The van der Waals surface area contributed by atoms with Crippen molar-refractivity contribution in [3.8, 4) is 0 Å². The van der Waals surface area contributed by atoms with Gasteiger partial charge in [-0.2, -0.15) is 0 Å². The molecule has 0 saturated carbocycles. The van der Waals surface area contributed by atoms with Gasteiger partial charge < -0.3 is 10.6 Å². The van der Waals surface area contributed by atoms with E-state index in [1.807, 2.05) is 0 Å². The predicted octanol–water partition coefficient (Wildman–Crippen LogP) is 3.66. The number of aromatic nitrogens is 2. The van der Waals surface area contributed by atoms with Crippen molar-refractivity contribution < 1.29 is 0 Å². The average Bonchev–Trinajstić information content (AvgIpc) is 2.87. The second-order valence-electron chi connectivity index (χ2n) is 5.45. The van der Waals surface area contributed by atoms with E-state index >= 15 is 0 Å². The van der Waals surface area contributed by atoms with E-state index in [2.05, 4.69) is 60.1 Å². The maximum absolute atomic E-state index is 6.06. The van der Waals surface area contributed by atoms with Crippen molar-refractivity contribution in [3.05, 3.63) is 34.3 Å². The van der Waals surface area contributed by atoms with E-state index in [-0.39, 0.29) is 0 Å². The van der Waals surface area contributed by atoms with Crippen LogP contribution < -0.4 is 10.6 Å². The minimum absolute atomic E-state index is 0.302. The molecule has 0 saturated heterocycles. The lowest BCUT2D eigenvalue weighted by molar-refractivity contribution is 0.665. The summed E-state index contributed by atoms with van der Waals surface area (Å²) in [6.07, 6.45) is 1.56. The van der Waals surface area contributed by atoms with Gasteiger partial charge in [-0.25, -0.2) is 9.97 Å². The molecule has 0 fully saturated rings. The fourth-order valence-electron chi connectivity index (χ4n) is 2.25. The van der Waals surface area contributed by atoms with Crippen LogP contribution in [0.4, 0.5) is 11.6 Å². The second kappa shape index (κ2) is 6.22. The van der Waals surface area contributed by atoms with Crippen molar-refractivity contribution in [2.75, 3.05) is 10.6 Å². The molecule has 0 spiro atoms. The normalized spacial score (nSPS) is 11.3. The first kappa shape index (κ1) is 14.8. The van der Waals surface area contributed by atoms with Crippen molar-refractivity contribution in [2.24, 2.45) is 0 Å². The molecule has 0 unspecified atom stereocenters. The Morgan fingerprint density at radius 1 is 1.25 bits per heavy atom. The van der Waals surface area contributed by atoms with Crippen molar-refractivity contribution >= 4 is 23.0 Å². The van der Waals surface area contributed by atoms with Crippen LogP contribution in [0.1, 0.15) is 44.1 Å². The van der Waals surface area contributed by atoms with Crippen LogP contribution in [-0.4, -0.2) is 16.0 Å². The van der Waals surface area contributed by atoms with Gasteiger partial charge in [0.15, 0.2) is 0 Å². The van der Waals surface area contributed by atoms with Gasteiger partial charge >= 0.3 is 0 Å². The van der Waals surface area contributed by atoms with Gasteiger partial charge in [0.05, 0.1) is 6.54 Å². The summed E-state index contributed by atoms with van der Waals surface area (Å²) >= 11 is 1.77. The SMILES string of the molecule is CC(C)c1c(N)ncnc1N(Cc1cccs1)C(C)C. The number of hydrogen-bond acceptors (Lipinski definition) is 5. The lowest BCUT2D eigenvalue weighted by Gasteiger charge is -2.30. The van der Waals surface area contributed by atoms with Gasteiger partial charge in [-0.05, 0) is 31.2 Å². The average molecular weight is 290 g/mol. The Morgan fingerprint density at radius 2 is 2.00 bits per heavy atom. The summed E-state index contributed by atoms with van der Waals surface area (Å²) in [5, 5.41) is 2.10. The van der Waals surface area contributed by atoms with Gasteiger partial charge in [-0.15, -0.1) is 11.3 Å². The van der Waals surface area contributed by atoms with Crippen LogP contribution in [0.2, 0.25) is 0 Å². The highest BCUT2D eigenvalue weighted by molar-refractivity contribution is 7.09. The maximum atomic E-state index is 6.06. The summed E-state index contributed by atoms with van der Waals surface area (Å²) in [5.74, 6) is 1.84. The molecule has 20 heavy (non-hydrogen) atoms. The molecule has 5 heteroatoms. The number of rotatable bonds is 5. The van der Waals surface area contributed by atoms with Crippen LogP contribution in [0.3, 0.4) is 0 Å². The summed E-state index contributed by atoms with van der Waals surface area (Å²) in [4.78, 5) is 12.3. The summed E-state index contributed by atoms with van der Waals surface area (Å²) in [6.45, 7) is 9.46. The third kappa shape index (κ3) is 3.10. The molecule has 0 atom stereocenters. The zero-order chi connectivity index (χ0) is 14.7. The minimum atomic E-state index is 0.302. The third-order valence-corrected chi connectivity index (χ3v) is 4.13. The van der Waals surface area contributed by atoms with Crippen LogP contribution in [0.15, 0.2) is 23.8 Å². The number of nitrogens with zero attached hydrogens (tertiary/aromatic N) is 3. The van der Waals surface area contributed by atoms with Gasteiger partial charge in [-0.1, -0.05) is 19.9 Å². The first-order valence-corrected chi connectivity index (χ1v) is 7.78. The van der Waals surface area contributed by atoms with E-state index in [1.54, 1.807) is 17.7 Å². The molecule has 0 aliphatic rings. The van der Waals surface area contributed by atoms with Crippen molar-refractivity contribution in [1.29, 1.82) is 0 Å². The molecule has 0 amide bonds. The quantitative estimate of drug-likeness (QED) is 0.913. The smallest absolute Gasteiger partial charge is 0.138 e. The standard InChI is InChI=1S/C15H22N4S/c1-10(2)13-14(16)17-9-18-15(13)19(11(3)4)8-12-6-5-7-20-12/h5-7,9-11H,8H2,1-4H3,(H2,16,17,18). The van der Waals surface area contributed by atoms with Gasteiger partial charge in [-0.3, -0.25) is 0 Å². The Bertz CT molecular complexity index is 549. The minimum Gasteiger partial charge on any atom is -0.383 e. The summed E-state index contributed by atoms with van der Waals surface area (Å²) in [5.41, 5.74) is 7.10. The lowest BCUT2D eigenvalue weighted by atomic mass is 10.0. The van der Waals surface area contributed by atoms with Gasteiger partial charge in [0.1, 0.15) is 18.0 Å². The van der Waals surface area contributed by atoms with Gasteiger partial charge in [0.25, 0.3) is 0 Å². The Kier molecular flexibility index (Phi) is 4.60. The zero-order valence-electron chi connectivity index (χ0n) is 12.5. The Hall–Kier alpha value is -1.62. The van der Waals surface area contributed by atoms with Gasteiger partial charge in [0.2, 0.25) is 0 Å². The van der Waals surface area contributed by atoms with E-state index in [4.69, 9.17) is 5.73 Å². The van der Waals surface area contributed by atoms with Crippen LogP contribution in [-0.2, 0) is 6.54 Å². The molecule has 2 aromatic heterocycles. The monoisotopic (exact) mass is 290 g/mol. The number of thiophene rings is 1. The van der Waals surface area contributed by atoms with Crippen LogP contribution in [0.5, 0.6) is 0 Å². The van der Waals surface area contributed by atoms with Crippen LogP contribution in [0.25, 0.3) is 0 Å². The summed E-state index contributed by atoms with van der Waals surface area (Å²) < 4.78 is 0. The molecule has 4 nitrogen and oxygen atoms in total. The van der Waals surface area contributed by atoms with Crippen molar-refractivity contribution in [3.63, 3.8) is 0 Å². The highest BCUT2D eigenvalue weighted by Crippen LogP contribution is 2.31. The van der Waals surface area contributed by atoms with E-state index < -0.39 is 0 Å². The maximum Gasteiger partial charge on any atom is 0.138 e. The number of hydrogen-bond donors (Lipinski definition) is 1. The topological polar surface area (TPSA) is 55.0 Å². The lowest BCUT2D eigenvalue weighted by Crippen LogP contribution is -2.32. The highest BCUT2D eigenvalue weighted by Gasteiger charge is 2.21. The summed E-state index contributed by atoms with van der Waals surface area (Å²) in [7, 11) is 0. The molecule has 2 aromatic rings.